The number of anilines is 1. The van der Waals surface area contributed by atoms with E-state index in [0.29, 0.717) is 18.2 Å². The molecule has 2 amide bonds. The van der Waals surface area contributed by atoms with Gasteiger partial charge in [-0.3, -0.25) is 9.59 Å². The first kappa shape index (κ1) is 14.6. The SMILES string of the molecule is Cc1nnc(NC(=O)[C@@H]2CC(=O)N(Cc3ccccc3)C2)s1. The van der Waals surface area contributed by atoms with Crippen LogP contribution in [0.25, 0.3) is 0 Å². The van der Waals surface area contributed by atoms with Crippen LogP contribution < -0.4 is 5.32 Å². The Morgan fingerprint density at radius 1 is 1.36 bits per heavy atom. The van der Waals surface area contributed by atoms with Gasteiger partial charge in [0.05, 0.1) is 5.92 Å². The third-order valence-corrected chi connectivity index (χ3v) is 4.31. The van der Waals surface area contributed by atoms with Gasteiger partial charge in [0, 0.05) is 19.5 Å². The fraction of sp³-hybridized carbons (Fsp3) is 0.333. The highest BCUT2D eigenvalue weighted by Crippen LogP contribution is 2.22. The molecular formula is C15H16N4O2S. The van der Waals surface area contributed by atoms with Gasteiger partial charge >= 0.3 is 0 Å². The minimum atomic E-state index is -0.333. The van der Waals surface area contributed by atoms with Crippen LogP contribution in [0.1, 0.15) is 17.0 Å². The van der Waals surface area contributed by atoms with Gasteiger partial charge in [-0.25, -0.2) is 0 Å². The van der Waals surface area contributed by atoms with Crippen LogP contribution in [0.4, 0.5) is 5.13 Å². The van der Waals surface area contributed by atoms with Gasteiger partial charge in [-0.2, -0.15) is 0 Å². The van der Waals surface area contributed by atoms with Gasteiger partial charge in [0.25, 0.3) is 0 Å². The zero-order chi connectivity index (χ0) is 15.5. The van der Waals surface area contributed by atoms with Crippen molar-refractivity contribution in [3.8, 4) is 0 Å². The second-order valence-electron chi connectivity index (χ2n) is 5.28. The van der Waals surface area contributed by atoms with Crippen molar-refractivity contribution in [1.82, 2.24) is 15.1 Å². The molecule has 0 aliphatic carbocycles. The summed E-state index contributed by atoms with van der Waals surface area (Å²) >= 11 is 1.33. The van der Waals surface area contributed by atoms with E-state index in [1.807, 2.05) is 37.3 Å². The Bertz CT molecular complexity index is 686. The lowest BCUT2D eigenvalue weighted by Crippen LogP contribution is -2.28. The Kier molecular flexibility index (Phi) is 4.15. The van der Waals surface area contributed by atoms with E-state index < -0.39 is 0 Å². The molecule has 1 aromatic heterocycles. The predicted octanol–water partition coefficient (Wildman–Crippen LogP) is 1.83. The highest BCUT2D eigenvalue weighted by Gasteiger charge is 2.34. The Labute approximate surface area is 132 Å². The molecule has 22 heavy (non-hydrogen) atoms. The number of aromatic nitrogens is 2. The Morgan fingerprint density at radius 3 is 2.82 bits per heavy atom. The molecule has 0 saturated carbocycles. The number of carbonyl (C=O) groups excluding carboxylic acids is 2. The average molecular weight is 316 g/mol. The standard InChI is InChI=1S/C15H16N4O2S/c1-10-17-18-15(22-10)16-14(21)12-7-13(20)19(9-12)8-11-5-3-2-4-6-11/h2-6,12H,7-9H2,1H3,(H,16,18,21)/t12-/m1/s1. The maximum absolute atomic E-state index is 12.2. The van der Waals surface area contributed by atoms with Crippen molar-refractivity contribution in [2.24, 2.45) is 5.92 Å². The molecule has 0 spiro atoms. The third-order valence-electron chi connectivity index (χ3n) is 3.56. The number of amides is 2. The second kappa shape index (κ2) is 6.23. The van der Waals surface area contributed by atoms with Crippen molar-refractivity contribution < 1.29 is 9.59 Å². The summed E-state index contributed by atoms with van der Waals surface area (Å²) in [5.74, 6) is -0.488. The van der Waals surface area contributed by atoms with Crippen LogP contribution in [-0.2, 0) is 16.1 Å². The monoisotopic (exact) mass is 316 g/mol. The Morgan fingerprint density at radius 2 is 2.14 bits per heavy atom. The summed E-state index contributed by atoms with van der Waals surface area (Å²) in [6, 6.07) is 9.78. The average Bonchev–Trinajstić information content (AvgIpc) is 3.07. The molecule has 0 unspecified atom stereocenters. The molecule has 1 aliphatic heterocycles. The number of carbonyl (C=O) groups is 2. The highest BCUT2D eigenvalue weighted by atomic mass is 32.1. The maximum atomic E-state index is 12.2. The zero-order valence-electron chi connectivity index (χ0n) is 12.2. The Hall–Kier alpha value is -2.28. The van der Waals surface area contributed by atoms with Gasteiger partial charge in [-0.05, 0) is 12.5 Å². The molecule has 1 aromatic carbocycles. The van der Waals surface area contributed by atoms with Gasteiger partial charge in [-0.15, -0.1) is 10.2 Å². The normalized spacial score (nSPS) is 17.8. The molecule has 2 heterocycles. The molecule has 1 aliphatic rings. The molecule has 1 saturated heterocycles. The van der Waals surface area contributed by atoms with Crippen LogP contribution in [0.3, 0.4) is 0 Å². The molecule has 1 fully saturated rings. The van der Waals surface area contributed by atoms with E-state index in [2.05, 4.69) is 15.5 Å². The van der Waals surface area contributed by atoms with E-state index in [-0.39, 0.29) is 24.2 Å². The first-order valence-electron chi connectivity index (χ1n) is 7.04. The number of likely N-dealkylation sites (tertiary alicyclic amines) is 1. The van der Waals surface area contributed by atoms with Crippen LogP contribution >= 0.6 is 11.3 Å². The lowest BCUT2D eigenvalue weighted by molar-refractivity contribution is -0.128. The van der Waals surface area contributed by atoms with Gasteiger partial charge in [-0.1, -0.05) is 41.7 Å². The maximum Gasteiger partial charge on any atom is 0.231 e. The molecule has 3 rings (SSSR count). The van der Waals surface area contributed by atoms with Gasteiger partial charge in [0.2, 0.25) is 16.9 Å². The summed E-state index contributed by atoms with van der Waals surface area (Å²) < 4.78 is 0. The van der Waals surface area contributed by atoms with E-state index in [4.69, 9.17) is 0 Å². The van der Waals surface area contributed by atoms with Crippen molar-refractivity contribution in [2.45, 2.75) is 19.9 Å². The summed E-state index contributed by atoms with van der Waals surface area (Å²) in [6.07, 6.45) is 0.246. The highest BCUT2D eigenvalue weighted by molar-refractivity contribution is 7.15. The van der Waals surface area contributed by atoms with Crippen molar-refractivity contribution in [3.05, 3.63) is 40.9 Å². The number of hydrogen-bond acceptors (Lipinski definition) is 5. The van der Waals surface area contributed by atoms with Crippen molar-refractivity contribution in [1.29, 1.82) is 0 Å². The number of aryl methyl sites for hydroxylation is 1. The lowest BCUT2D eigenvalue weighted by Gasteiger charge is -2.16. The zero-order valence-corrected chi connectivity index (χ0v) is 13.0. The summed E-state index contributed by atoms with van der Waals surface area (Å²) in [5.41, 5.74) is 1.07. The quantitative estimate of drug-likeness (QED) is 0.934. The summed E-state index contributed by atoms with van der Waals surface area (Å²) in [5, 5.41) is 11.7. The second-order valence-corrected chi connectivity index (χ2v) is 6.46. The first-order chi connectivity index (χ1) is 10.6. The number of benzene rings is 1. The molecule has 1 N–H and O–H groups in total. The number of nitrogens with one attached hydrogen (secondary N) is 1. The topological polar surface area (TPSA) is 75.2 Å². The molecule has 114 valence electrons. The number of nitrogens with zero attached hydrogens (tertiary/aromatic N) is 3. The largest absolute Gasteiger partial charge is 0.338 e. The summed E-state index contributed by atoms with van der Waals surface area (Å²) in [6.45, 7) is 2.81. The van der Waals surface area contributed by atoms with Gasteiger partial charge in [0.1, 0.15) is 5.01 Å². The number of hydrogen-bond donors (Lipinski definition) is 1. The van der Waals surface area contributed by atoms with Crippen molar-refractivity contribution in [3.63, 3.8) is 0 Å². The minimum absolute atomic E-state index is 0.0115. The first-order valence-corrected chi connectivity index (χ1v) is 7.86. The third kappa shape index (κ3) is 3.30. The van der Waals surface area contributed by atoms with E-state index in [9.17, 15) is 9.59 Å². The van der Waals surface area contributed by atoms with E-state index >= 15 is 0 Å². The van der Waals surface area contributed by atoms with Crippen LogP contribution in [0.2, 0.25) is 0 Å². The molecule has 7 heteroatoms. The fourth-order valence-corrected chi connectivity index (χ4v) is 3.05. The predicted molar refractivity (Wildman–Crippen MR) is 83.2 cm³/mol. The molecular weight excluding hydrogens is 300 g/mol. The van der Waals surface area contributed by atoms with E-state index in [0.717, 1.165) is 10.6 Å². The van der Waals surface area contributed by atoms with Crippen molar-refractivity contribution in [2.75, 3.05) is 11.9 Å². The molecule has 0 bridgehead atoms. The fourth-order valence-electron chi connectivity index (χ4n) is 2.46. The van der Waals surface area contributed by atoms with Crippen LogP contribution in [0.15, 0.2) is 30.3 Å². The van der Waals surface area contributed by atoms with Crippen LogP contribution in [0, 0.1) is 12.8 Å². The van der Waals surface area contributed by atoms with E-state index in [1.54, 1.807) is 4.90 Å². The van der Waals surface area contributed by atoms with Crippen LogP contribution in [-0.4, -0.2) is 33.5 Å². The number of rotatable bonds is 4. The smallest absolute Gasteiger partial charge is 0.231 e. The van der Waals surface area contributed by atoms with Crippen molar-refractivity contribution >= 4 is 28.3 Å². The summed E-state index contributed by atoms with van der Waals surface area (Å²) in [4.78, 5) is 26.0. The summed E-state index contributed by atoms with van der Waals surface area (Å²) in [7, 11) is 0. The lowest BCUT2D eigenvalue weighted by atomic mass is 10.1. The minimum Gasteiger partial charge on any atom is -0.338 e. The molecule has 1 atom stereocenters. The van der Waals surface area contributed by atoms with Crippen LogP contribution in [0.5, 0.6) is 0 Å². The van der Waals surface area contributed by atoms with E-state index in [1.165, 1.54) is 11.3 Å². The molecule has 6 nitrogen and oxygen atoms in total. The molecule has 0 radical (unpaired) electrons. The van der Waals surface area contributed by atoms with Gasteiger partial charge in [0.15, 0.2) is 0 Å². The Balaban J connectivity index is 1.60. The molecule has 2 aromatic rings. The van der Waals surface area contributed by atoms with Gasteiger partial charge < -0.3 is 10.2 Å².